The van der Waals surface area contributed by atoms with E-state index in [1.807, 2.05) is 36.9 Å². The number of para-hydroxylation sites is 1. The molecule has 0 saturated carbocycles. The number of nitrogens with zero attached hydrogens (tertiary/aromatic N) is 2. The first-order valence-electron chi connectivity index (χ1n) is 9.56. The molecule has 0 bridgehead atoms. The molecule has 0 aromatic heterocycles. The Morgan fingerprint density at radius 2 is 1.57 bits per heavy atom. The van der Waals surface area contributed by atoms with Crippen molar-refractivity contribution in [3.8, 4) is 5.75 Å². The molecule has 1 saturated heterocycles. The topological polar surface area (TPSA) is 72.9 Å². The monoisotopic (exact) mass is 381 g/mol. The highest BCUT2D eigenvalue weighted by Crippen LogP contribution is 2.19. The molecule has 1 fully saturated rings. The van der Waals surface area contributed by atoms with Crippen LogP contribution in [-0.4, -0.2) is 59.4 Å². The Hall–Kier alpha value is -2.86. The summed E-state index contributed by atoms with van der Waals surface area (Å²) >= 11 is 0. The molecule has 0 atom stereocenters. The minimum atomic E-state index is -0.0266. The second-order valence-electron chi connectivity index (χ2n) is 7.32. The normalized spacial score (nSPS) is 14.7. The van der Waals surface area contributed by atoms with E-state index in [1.54, 1.807) is 24.3 Å². The van der Waals surface area contributed by atoms with E-state index in [-0.39, 0.29) is 17.6 Å². The smallest absolute Gasteiger partial charge is 0.238 e. The van der Waals surface area contributed by atoms with Crippen molar-refractivity contribution < 1.29 is 14.7 Å². The molecule has 0 radical (unpaired) electrons. The average Bonchev–Trinajstić information content (AvgIpc) is 2.67. The van der Waals surface area contributed by atoms with Gasteiger partial charge in [0.2, 0.25) is 11.8 Å². The molecule has 1 heterocycles. The van der Waals surface area contributed by atoms with Gasteiger partial charge in [0.05, 0.1) is 13.0 Å². The highest BCUT2D eigenvalue weighted by atomic mass is 16.3. The van der Waals surface area contributed by atoms with Crippen molar-refractivity contribution in [1.29, 1.82) is 0 Å². The zero-order valence-corrected chi connectivity index (χ0v) is 16.4. The van der Waals surface area contributed by atoms with Gasteiger partial charge < -0.3 is 15.3 Å². The largest absolute Gasteiger partial charge is 0.508 e. The number of aryl methyl sites for hydroxylation is 2. The van der Waals surface area contributed by atoms with Crippen LogP contribution in [0.15, 0.2) is 42.5 Å². The van der Waals surface area contributed by atoms with Crippen molar-refractivity contribution in [2.45, 2.75) is 20.3 Å². The average molecular weight is 381 g/mol. The lowest BCUT2D eigenvalue weighted by molar-refractivity contribution is -0.132. The molecule has 0 aliphatic carbocycles. The van der Waals surface area contributed by atoms with Gasteiger partial charge >= 0.3 is 0 Å². The van der Waals surface area contributed by atoms with Crippen LogP contribution in [0.5, 0.6) is 5.75 Å². The number of benzene rings is 2. The summed E-state index contributed by atoms with van der Waals surface area (Å²) in [6, 6.07) is 12.7. The van der Waals surface area contributed by atoms with E-state index in [9.17, 15) is 14.7 Å². The molecule has 2 aromatic rings. The van der Waals surface area contributed by atoms with Gasteiger partial charge in [-0.05, 0) is 42.7 Å². The maximum atomic E-state index is 12.5. The lowest BCUT2D eigenvalue weighted by atomic mass is 10.1. The summed E-state index contributed by atoms with van der Waals surface area (Å²) in [4.78, 5) is 28.8. The summed E-state index contributed by atoms with van der Waals surface area (Å²) in [6.45, 7) is 6.90. The quantitative estimate of drug-likeness (QED) is 0.834. The first-order chi connectivity index (χ1) is 13.4. The Kier molecular flexibility index (Phi) is 6.31. The Balaban J connectivity index is 1.46. The molecular weight excluding hydrogens is 354 g/mol. The molecule has 2 N–H and O–H groups in total. The van der Waals surface area contributed by atoms with Gasteiger partial charge in [0, 0.05) is 31.9 Å². The van der Waals surface area contributed by atoms with Crippen LogP contribution in [0.1, 0.15) is 16.7 Å². The van der Waals surface area contributed by atoms with Gasteiger partial charge in [0.25, 0.3) is 0 Å². The van der Waals surface area contributed by atoms with Gasteiger partial charge in [0.15, 0.2) is 0 Å². The number of nitrogens with one attached hydrogen (secondary N) is 1. The van der Waals surface area contributed by atoms with Gasteiger partial charge in [-0.1, -0.05) is 30.3 Å². The van der Waals surface area contributed by atoms with Crippen LogP contribution in [0.3, 0.4) is 0 Å². The molecule has 6 heteroatoms. The van der Waals surface area contributed by atoms with Crippen molar-refractivity contribution in [2.75, 3.05) is 38.0 Å². The molecule has 3 rings (SSSR count). The zero-order valence-electron chi connectivity index (χ0n) is 16.4. The fourth-order valence-corrected chi connectivity index (χ4v) is 3.45. The predicted molar refractivity (Wildman–Crippen MR) is 109 cm³/mol. The molecule has 0 unspecified atom stereocenters. The van der Waals surface area contributed by atoms with Crippen molar-refractivity contribution in [2.24, 2.45) is 0 Å². The molecule has 148 valence electrons. The third-order valence-electron chi connectivity index (χ3n) is 5.13. The lowest BCUT2D eigenvalue weighted by Crippen LogP contribution is -2.50. The summed E-state index contributed by atoms with van der Waals surface area (Å²) in [5, 5.41) is 12.3. The standard InChI is InChI=1S/C22H27N3O3/c1-16-4-3-5-17(2)22(16)23-20(27)15-24-10-12-25(13-11-24)21(28)14-18-6-8-19(26)9-7-18/h3-9,26H,10-15H2,1-2H3,(H,23,27). The second-order valence-corrected chi connectivity index (χ2v) is 7.32. The summed E-state index contributed by atoms with van der Waals surface area (Å²) < 4.78 is 0. The molecule has 2 amide bonds. The number of rotatable bonds is 5. The van der Waals surface area contributed by atoms with Gasteiger partial charge in [-0.3, -0.25) is 14.5 Å². The van der Waals surface area contributed by atoms with Gasteiger partial charge in [-0.15, -0.1) is 0 Å². The van der Waals surface area contributed by atoms with Gasteiger partial charge in [0.1, 0.15) is 5.75 Å². The number of amides is 2. The zero-order chi connectivity index (χ0) is 20.1. The number of carbonyl (C=O) groups excluding carboxylic acids is 2. The number of hydrogen-bond acceptors (Lipinski definition) is 4. The summed E-state index contributed by atoms with van der Waals surface area (Å²) in [5.41, 5.74) is 3.88. The van der Waals surface area contributed by atoms with Crippen molar-refractivity contribution in [3.05, 3.63) is 59.2 Å². The number of anilines is 1. The summed E-state index contributed by atoms with van der Waals surface area (Å²) in [6.07, 6.45) is 0.327. The Labute approximate surface area is 165 Å². The summed E-state index contributed by atoms with van der Waals surface area (Å²) in [7, 11) is 0. The molecule has 6 nitrogen and oxygen atoms in total. The highest BCUT2D eigenvalue weighted by Gasteiger charge is 2.22. The number of phenolic OH excluding ortho intramolecular Hbond substituents is 1. The number of carbonyl (C=O) groups is 2. The SMILES string of the molecule is Cc1cccc(C)c1NC(=O)CN1CCN(C(=O)Cc2ccc(O)cc2)CC1. The van der Waals surface area contributed by atoms with Crippen molar-refractivity contribution in [1.82, 2.24) is 9.80 Å². The third kappa shape index (κ3) is 5.10. The number of phenols is 1. The molecular formula is C22H27N3O3. The first-order valence-corrected chi connectivity index (χ1v) is 9.56. The Morgan fingerprint density at radius 1 is 0.964 bits per heavy atom. The molecule has 1 aliphatic rings. The third-order valence-corrected chi connectivity index (χ3v) is 5.13. The van der Waals surface area contributed by atoms with Crippen LogP contribution in [-0.2, 0) is 16.0 Å². The number of aromatic hydroxyl groups is 1. The van der Waals surface area contributed by atoms with E-state index in [4.69, 9.17) is 0 Å². The lowest BCUT2D eigenvalue weighted by Gasteiger charge is -2.34. The van der Waals surface area contributed by atoms with E-state index in [0.29, 0.717) is 39.1 Å². The van der Waals surface area contributed by atoms with E-state index in [2.05, 4.69) is 10.2 Å². The minimum Gasteiger partial charge on any atom is -0.508 e. The maximum absolute atomic E-state index is 12.5. The predicted octanol–water partition coefficient (Wildman–Crippen LogP) is 2.33. The molecule has 2 aromatic carbocycles. The molecule has 28 heavy (non-hydrogen) atoms. The molecule has 1 aliphatic heterocycles. The van der Waals surface area contributed by atoms with Crippen molar-refractivity contribution >= 4 is 17.5 Å². The first kappa shape index (κ1) is 19.9. The van der Waals surface area contributed by atoms with Crippen LogP contribution < -0.4 is 5.32 Å². The van der Waals surface area contributed by atoms with Crippen LogP contribution in [0.2, 0.25) is 0 Å². The van der Waals surface area contributed by atoms with Gasteiger partial charge in [-0.25, -0.2) is 0 Å². The van der Waals surface area contributed by atoms with E-state index in [0.717, 1.165) is 22.4 Å². The number of piperazine rings is 1. The van der Waals surface area contributed by atoms with Gasteiger partial charge in [-0.2, -0.15) is 0 Å². The molecule has 0 spiro atoms. The fourth-order valence-electron chi connectivity index (χ4n) is 3.45. The van der Waals surface area contributed by atoms with Crippen LogP contribution in [0.25, 0.3) is 0 Å². The van der Waals surface area contributed by atoms with E-state index < -0.39 is 0 Å². The highest BCUT2D eigenvalue weighted by molar-refractivity contribution is 5.93. The maximum Gasteiger partial charge on any atom is 0.238 e. The van der Waals surface area contributed by atoms with Crippen molar-refractivity contribution in [3.63, 3.8) is 0 Å². The second kappa shape index (κ2) is 8.89. The number of hydrogen-bond donors (Lipinski definition) is 2. The van der Waals surface area contributed by atoms with E-state index >= 15 is 0 Å². The fraction of sp³-hybridized carbons (Fsp3) is 0.364. The Morgan fingerprint density at radius 3 is 2.18 bits per heavy atom. The van der Waals surface area contributed by atoms with Crippen LogP contribution >= 0.6 is 0 Å². The Bertz CT molecular complexity index is 820. The van der Waals surface area contributed by atoms with E-state index in [1.165, 1.54) is 0 Å². The minimum absolute atomic E-state index is 0.0266. The summed E-state index contributed by atoms with van der Waals surface area (Å²) in [5.74, 6) is 0.246. The van der Waals surface area contributed by atoms with Crippen LogP contribution in [0, 0.1) is 13.8 Å². The van der Waals surface area contributed by atoms with Crippen LogP contribution in [0.4, 0.5) is 5.69 Å².